The zero-order chi connectivity index (χ0) is 11.4. The molecule has 1 N–H and O–H groups in total. The molecule has 0 aliphatic carbocycles. The number of benzene rings is 1. The number of hydrogen-bond acceptors (Lipinski definition) is 2. The first kappa shape index (κ1) is 11.4. The topological polar surface area (TPSA) is 54.4 Å². The van der Waals surface area contributed by atoms with Crippen molar-refractivity contribution in [2.75, 3.05) is 0 Å². The molecule has 80 valence electrons. The van der Waals surface area contributed by atoms with E-state index in [0.29, 0.717) is 5.56 Å². The minimum absolute atomic E-state index is 0.0687. The van der Waals surface area contributed by atoms with E-state index >= 15 is 0 Å². The number of rotatable bonds is 4. The molecular weight excluding hydrogens is 192 g/mol. The van der Waals surface area contributed by atoms with Crippen molar-refractivity contribution in [3.63, 3.8) is 0 Å². The average molecular weight is 206 g/mol. The van der Waals surface area contributed by atoms with E-state index in [1.54, 1.807) is 6.07 Å². The van der Waals surface area contributed by atoms with Crippen LogP contribution in [0.15, 0.2) is 18.2 Å². The summed E-state index contributed by atoms with van der Waals surface area (Å²) in [5.41, 5.74) is 2.63. The quantitative estimate of drug-likeness (QED) is 0.769. The van der Waals surface area contributed by atoms with Crippen molar-refractivity contribution in [2.45, 2.75) is 26.7 Å². The molecule has 0 saturated heterocycles. The Morgan fingerprint density at radius 3 is 2.40 bits per heavy atom. The maximum Gasteiger partial charge on any atom is 0.303 e. The number of Topliss-reactive ketones (excluding diaryl/α,β-unsaturated/α-hetero) is 1. The Morgan fingerprint density at radius 1 is 1.20 bits per heavy atom. The summed E-state index contributed by atoms with van der Waals surface area (Å²) in [4.78, 5) is 21.9. The van der Waals surface area contributed by atoms with Gasteiger partial charge in [0.2, 0.25) is 0 Å². The summed E-state index contributed by atoms with van der Waals surface area (Å²) >= 11 is 0. The van der Waals surface area contributed by atoms with E-state index in [9.17, 15) is 9.59 Å². The van der Waals surface area contributed by atoms with Crippen molar-refractivity contribution < 1.29 is 14.7 Å². The van der Waals surface area contributed by atoms with Crippen molar-refractivity contribution in [2.24, 2.45) is 0 Å². The molecule has 0 aromatic heterocycles. The minimum atomic E-state index is -0.937. The van der Waals surface area contributed by atoms with Crippen LogP contribution in [0.2, 0.25) is 0 Å². The van der Waals surface area contributed by atoms with Gasteiger partial charge in [-0.2, -0.15) is 0 Å². The number of aliphatic carboxylic acids is 1. The van der Waals surface area contributed by atoms with Gasteiger partial charge in [0, 0.05) is 12.0 Å². The number of carbonyl (C=O) groups excluding carboxylic acids is 1. The van der Waals surface area contributed by atoms with E-state index in [1.165, 1.54) is 0 Å². The predicted octanol–water partition coefficient (Wildman–Crippen LogP) is 2.35. The molecule has 0 atom stereocenters. The van der Waals surface area contributed by atoms with Gasteiger partial charge < -0.3 is 5.11 Å². The molecule has 15 heavy (non-hydrogen) atoms. The second-order valence-electron chi connectivity index (χ2n) is 3.64. The Bertz CT molecular complexity index is 394. The summed E-state index contributed by atoms with van der Waals surface area (Å²) in [5.74, 6) is -1.04. The molecule has 0 bridgehead atoms. The predicted molar refractivity (Wildman–Crippen MR) is 57.1 cm³/mol. The molecule has 1 aromatic carbocycles. The SMILES string of the molecule is Cc1ccc(C(=O)CCC(=O)O)c(C)c1. The van der Waals surface area contributed by atoms with Gasteiger partial charge in [-0.1, -0.05) is 23.8 Å². The van der Waals surface area contributed by atoms with E-state index < -0.39 is 5.97 Å². The molecule has 0 aliphatic heterocycles. The lowest BCUT2D eigenvalue weighted by molar-refractivity contribution is -0.136. The summed E-state index contributed by atoms with van der Waals surface area (Å²) in [6.45, 7) is 3.82. The first-order chi connectivity index (χ1) is 7.00. The number of carboxylic acids is 1. The van der Waals surface area contributed by atoms with Crippen LogP contribution in [0.25, 0.3) is 0 Å². The van der Waals surface area contributed by atoms with E-state index in [0.717, 1.165) is 11.1 Å². The fourth-order valence-corrected chi connectivity index (χ4v) is 1.48. The molecule has 0 radical (unpaired) electrons. The number of carboxylic acid groups (broad SMARTS) is 1. The van der Waals surface area contributed by atoms with Gasteiger partial charge in [-0.3, -0.25) is 9.59 Å². The molecule has 0 heterocycles. The van der Waals surface area contributed by atoms with Crippen LogP contribution in [-0.4, -0.2) is 16.9 Å². The first-order valence-electron chi connectivity index (χ1n) is 4.83. The van der Waals surface area contributed by atoms with Crippen LogP contribution >= 0.6 is 0 Å². The van der Waals surface area contributed by atoms with Gasteiger partial charge in [0.1, 0.15) is 0 Å². The maximum absolute atomic E-state index is 11.6. The van der Waals surface area contributed by atoms with Crippen LogP contribution in [0.4, 0.5) is 0 Å². The van der Waals surface area contributed by atoms with Crippen LogP contribution < -0.4 is 0 Å². The molecule has 0 fully saturated rings. The van der Waals surface area contributed by atoms with Gasteiger partial charge >= 0.3 is 5.97 Å². The van der Waals surface area contributed by atoms with Crippen LogP contribution in [-0.2, 0) is 4.79 Å². The lowest BCUT2D eigenvalue weighted by Crippen LogP contribution is -2.05. The molecule has 0 unspecified atom stereocenters. The monoisotopic (exact) mass is 206 g/mol. The normalized spacial score (nSPS) is 10.0. The van der Waals surface area contributed by atoms with Crippen molar-refractivity contribution in [3.05, 3.63) is 34.9 Å². The molecule has 1 rings (SSSR count). The largest absolute Gasteiger partial charge is 0.481 e. The molecule has 3 heteroatoms. The number of carbonyl (C=O) groups is 2. The van der Waals surface area contributed by atoms with Gasteiger partial charge in [-0.05, 0) is 19.4 Å². The van der Waals surface area contributed by atoms with Crippen molar-refractivity contribution >= 4 is 11.8 Å². The van der Waals surface area contributed by atoms with Crippen LogP contribution in [0, 0.1) is 13.8 Å². The van der Waals surface area contributed by atoms with E-state index in [1.807, 2.05) is 26.0 Å². The van der Waals surface area contributed by atoms with Crippen LogP contribution in [0.5, 0.6) is 0 Å². The summed E-state index contributed by atoms with van der Waals surface area (Å²) in [6, 6.07) is 5.55. The highest BCUT2D eigenvalue weighted by Gasteiger charge is 2.10. The van der Waals surface area contributed by atoms with Crippen molar-refractivity contribution in [3.8, 4) is 0 Å². The molecule has 0 spiro atoms. The summed E-state index contributed by atoms with van der Waals surface area (Å²) in [7, 11) is 0. The lowest BCUT2D eigenvalue weighted by Gasteiger charge is -2.04. The third kappa shape index (κ3) is 3.20. The summed E-state index contributed by atoms with van der Waals surface area (Å²) in [5, 5.41) is 8.47. The fraction of sp³-hybridized carbons (Fsp3) is 0.333. The van der Waals surface area contributed by atoms with Crippen LogP contribution in [0.1, 0.15) is 34.3 Å². The zero-order valence-corrected chi connectivity index (χ0v) is 8.91. The Hall–Kier alpha value is -1.64. The molecule has 0 saturated carbocycles. The molecular formula is C12H14O3. The average Bonchev–Trinajstić information content (AvgIpc) is 2.14. The summed E-state index contributed by atoms with van der Waals surface area (Å²) in [6.07, 6.45) is -0.0363. The van der Waals surface area contributed by atoms with Gasteiger partial charge in [0.15, 0.2) is 5.78 Å². The highest BCUT2D eigenvalue weighted by Crippen LogP contribution is 2.13. The summed E-state index contributed by atoms with van der Waals surface area (Å²) < 4.78 is 0. The van der Waals surface area contributed by atoms with E-state index in [4.69, 9.17) is 5.11 Å². The van der Waals surface area contributed by atoms with Crippen molar-refractivity contribution in [1.82, 2.24) is 0 Å². The zero-order valence-electron chi connectivity index (χ0n) is 8.91. The van der Waals surface area contributed by atoms with Gasteiger partial charge in [0.25, 0.3) is 0 Å². The van der Waals surface area contributed by atoms with E-state index in [-0.39, 0.29) is 18.6 Å². The number of ketones is 1. The minimum Gasteiger partial charge on any atom is -0.481 e. The standard InChI is InChI=1S/C12H14O3/c1-8-3-4-10(9(2)7-8)11(13)5-6-12(14)15/h3-4,7H,5-6H2,1-2H3,(H,14,15). The van der Waals surface area contributed by atoms with Gasteiger partial charge in [-0.15, -0.1) is 0 Å². The maximum atomic E-state index is 11.6. The lowest BCUT2D eigenvalue weighted by atomic mass is 10.00. The molecule has 3 nitrogen and oxygen atoms in total. The van der Waals surface area contributed by atoms with Gasteiger partial charge in [0.05, 0.1) is 6.42 Å². The second-order valence-corrected chi connectivity index (χ2v) is 3.64. The van der Waals surface area contributed by atoms with Crippen molar-refractivity contribution in [1.29, 1.82) is 0 Å². The number of hydrogen-bond donors (Lipinski definition) is 1. The Balaban J connectivity index is 2.78. The Kier molecular flexibility index (Phi) is 3.61. The number of aryl methyl sites for hydroxylation is 2. The Labute approximate surface area is 88.7 Å². The molecule has 1 aromatic rings. The third-order valence-electron chi connectivity index (χ3n) is 2.25. The smallest absolute Gasteiger partial charge is 0.303 e. The van der Waals surface area contributed by atoms with Gasteiger partial charge in [-0.25, -0.2) is 0 Å². The second kappa shape index (κ2) is 4.73. The highest BCUT2D eigenvalue weighted by molar-refractivity contribution is 5.98. The highest BCUT2D eigenvalue weighted by atomic mass is 16.4. The third-order valence-corrected chi connectivity index (χ3v) is 2.25. The first-order valence-corrected chi connectivity index (χ1v) is 4.83. The Morgan fingerprint density at radius 2 is 1.87 bits per heavy atom. The molecule has 0 aliphatic rings. The fourth-order valence-electron chi connectivity index (χ4n) is 1.48. The van der Waals surface area contributed by atoms with Crippen LogP contribution in [0.3, 0.4) is 0 Å². The molecule has 0 amide bonds. The van der Waals surface area contributed by atoms with E-state index in [2.05, 4.69) is 0 Å².